The Morgan fingerprint density at radius 3 is 1.89 bits per heavy atom. The fourth-order valence-electron chi connectivity index (χ4n) is 7.08. The first-order chi connectivity index (χ1) is 22.4. The molecule has 3 N–H and O–H groups in total. The number of likely N-dealkylation sites (N-methyl/N-ethyl adjacent to an activating group) is 1. The first-order valence-corrected chi connectivity index (χ1v) is 16.7. The van der Waals surface area contributed by atoms with E-state index >= 15 is 0 Å². The van der Waals surface area contributed by atoms with E-state index in [-0.39, 0.29) is 23.9 Å². The number of aromatic amines is 2. The molecule has 11 heteroatoms. The fourth-order valence-corrected chi connectivity index (χ4v) is 7.08. The van der Waals surface area contributed by atoms with Crippen LogP contribution in [0.1, 0.15) is 63.3 Å². The number of nitrogens with one attached hydrogen (secondary N) is 3. The number of aromatic nitrogens is 4. The Morgan fingerprint density at radius 1 is 0.826 bits per heavy atom. The van der Waals surface area contributed by atoms with Crippen LogP contribution in [0.25, 0.3) is 33.6 Å². The van der Waals surface area contributed by atoms with E-state index in [4.69, 9.17) is 4.98 Å². The molecule has 3 atom stereocenters. The van der Waals surface area contributed by atoms with Gasteiger partial charge in [-0.05, 0) is 60.4 Å². The first kappa shape index (κ1) is 30.3. The molecule has 0 spiro atoms. The van der Waals surface area contributed by atoms with Gasteiger partial charge < -0.3 is 29.9 Å². The van der Waals surface area contributed by atoms with Gasteiger partial charge in [0.1, 0.15) is 17.7 Å². The van der Waals surface area contributed by atoms with Gasteiger partial charge in [-0.25, -0.2) is 9.97 Å². The normalized spacial score (nSPS) is 20.9. The number of hydrogen-bond donors (Lipinski definition) is 3. The Kier molecular flexibility index (Phi) is 8.42. The summed E-state index contributed by atoms with van der Waals surface area (Å²) in [6.45, 7) is 7.68. The van der Waals surface area contributed by atoms with Gasteiger partial charge >= 0.3 is 0 Å². The summed E-state index contributed by atoms with van der Waals surface area (Å²) in [4.78, 5) is 41.4. The number of benzene rings is 2. The molecule has 0 aliphatic carbocycles. The van der Waals surface area contributed by atoms with E-state index < -0.39 is 0 Å². The smallest absolute Gasteiger partial charge is 0.246 e. The summed E-state index contributed by atoms with van der Waals surface area (Å²) in [5, 5.41) is 3.44. The lowest BCUT2D eigenvalue weighted by atomic mass is 10.0. The highest BCUT2D eigenvalue weighted by atomic mass is 16.2. The molecule has 0 saturated carbocycles. The zero-order chi connectivity index (χ0) is 31.8. The molecule has 2 saturated heterocycles. The van der Waals surface area contributed by atoms with Crippen LogP contribution < -0.4 is 5.32 Å². The molecule has 46 heavy (non-hydrogen) atoms. The molecule has 2 aromatic carbocycles. The van der Waals surface area contributed by atoms with Gasteiger partial charge in [0, 0.05) is 20.1 Å². The van der Waals surface area contributed by atoms with Gasteiger partial charge in [-0.15, -0.1) is 0 Å². The zero-order valence-corrected chi connectivity index (χ0v) is 27.3. The second-order valence-corrected chi connectivity index (χ2v) is 13.3. The predicted octanol–water partition coefficient (Wildman–Crippen LogP) is 4.40. The van der Waals surface area contributed by atoms with Gasteiger partial charge in [0.15, 0.2) is 13.9 Å². The lowest BCUT2D eigenvalue weighted by Crippen LogP contribution is -2.53. The molecule has 4 aromatic rings. The van der Waals surface area contributed by atoms with Gasteiger partial charge in [-0.1, -0.05) is 62.4 Å². The van der Waals surface area contributed by atoms with Crippen molar-refractivity contribution in [2.45, 2.75) is 57.7 Å². The number of aliphatic imine (C=N–C) groups is 1. The Labute approximate surface area is 272 Å². The minimum absolute atomic E-state index is 0.0599. The van der Waals surface area contributed by atoms with Crippen LogP contribution in [-0.2, 0) is 4.79 Å². The topological polar surface area (TPSA) is 109 Å². The van der Waals surface area contributed by atoms with Crippen molar-refractivity contribution in [2.24, 2.45) is 10.9 Å². The molecule has 0 radical (unpaired) electrons. The van der Waals surface area contributed by atoms with E-state index in [0.29, 0.717) is 6.04 Å². The summed E-state index contributed by atoms with van der Waals surface area (Å²) < 4.78 is 0. The molecule has 238 valence electrons. The molecular weight excluding hydrogens is 573 g/mol. The van der Waals surface area contributed by atoms with Crippen molar-refractivity contribution >= 4 is 19.8 Å². The molecule has 0 unspecified atom stereocenters. The summed E-state index contributed by atoms with van der Waals surface area (Å²) in [7, 11) is 4.18. The number of H-pyrrole nitrogens is 2. The largest absolute Gasteiger partial charge is 0.344 e. The average molecular weight is 618 g/mol. The van der Waals surface area contributed by atoms with E-state index in [1.807, 2.05) is 24.3 Å². The van der Waals surface area contributed by atoms with Crippen LogP contribution in [0, 0.1) is 5.92 Å². The van der Waals surface area contributed by atoms with E-state index in [2.05, 4.69) is 105 Å². The molecule has 5 heterocycles. The highest BCUT2D eigenvalue weighted by molar-refractivity contribution is 6.04. The zero-order valence-electron chi connectivity index (χ0n) is 27.3. The Morgan fingerprint density at radius 2 is 1.37 bits per heavy atom. The maximum absolute atomic E-state index is 13.8. The minimum atomic E-state index is -0.327. The second-order valence-electron chi connectivity index (χ2n) is 13.3. The number of carbonyl (C=O) groups excluding carboxylic acids is 1. The third-order valence-corrected chi connectivity index (χ3v) is 9.88. The fraction of sp³-hybridized carbons (Fsp3) is 0.429. The van der Waals surface area contributed by atoms with Crippen molar-refractivity contribution in [1.82, 2.24) is 39.9 Å². The lowest BCUT2D eigenvalue weighted by Gasteiger charge is -2.31. The molecule has 1 amide bonds. The Hall–Kier alpha value is -4.38. The second kappa shape index (κ2) is 12.8. The van der Waals surface area contributed by atoms with Crippen molar-refractivity contribution in [3.05, 3.63) is 72.6 Å². The number of likely N-dealkylation sites (tertiary alicyclic amines) is 1. The van der Waals surface area contributed by atoms with Crippen molar-refractivity contribution in [3.63, 3.8) is 0 Å². The highest BCUT2D eigenvalue weighted by Crippen LogP contribution is 2.34. The van der Waals surface area contributed by atoms with E-state index in [0.717, 1.165) is 91.1 Å². The van der Waals surface area contributed by atoms with Crippen LogP contribution in [0.5, 0.6) is 0 Å². The third kappa shape index (κ3) is 5.96. The van der Waals surface area contributed by atoms with E-state index in [1.54, 1.807) is 0 Å². The SMILES string of the molecule is BN1CCC[C@@H]1c1ncc(-c2ccc(-c3ccc(-c4cnc([C@@H]5CCCN5C(=O)[C@@H](NC5=NCCN5C)C(C)C)[nH]4)cc3)cc2)[nH]1. The van der Waals surface area contributed by atoms with Crippen molar-refractivity contribution in [1.29, 1.82) is 0 Å². The van der Waals surface area contributed by atoms with Crippen LogP contribution >= 0.6 is 0 Å². The number of guanidine groups is 1. The predicted molar refractivity (Wildman–Crippen MR) is 185 cm³/mol. The monoisotopic (exact) mass is 617 g/mol. The van der Waals surface area contributed by atoms with Gasteiger partial charge in [-0.3, -0.25) is 9.79 Å². The van der Waals surface area contributed by atoms with Gasteiger partial charge in [-0.2, -0.15) is 0 Å². The quantitative estimate of drug-likeness (QED) is 0.253. The number of amides is 1. The van der Waals surface area contributed by atoms with Crippen molar-refractivity contribution in [2.75, 3.05) is 33.2 Å². The number of hydrogen-bond acceptors (Lipinski definition) is 7. The van der Waals surface area contributed by atoms with Gasteiger partial charge in [0.2, 0.25) is 5.91 Å². The molecule has 0 bridgehead atoms. The highest BCUT2D eigenvalue weighted by Gasteiger charge is 2.37. The summed E-state index contributed by atoms with van der Waals surface area (Å²) in [5.41, 5.74) is 6.55. The standard InChI is InChI=1S/C35H44BN9O/c1-22(2)31(42-35-37-16-19-43(35)3)34(46)44-17-4-6-29(44)32-38-20-27(40-32)25-12-8-23(9-13-25)24-10-14-26(15-11-24)28-21-39-33(41-28)30-7-5-18-45(30)36/h8-15,20-22,29-31H,4-7,16-19,36H2,1-3H3,(H,37,42)(H,38,40)(H,39,41)/t29-,30+,31-/m0/s1. The average Bonchev–Trinajstić information content (AvgIpc) is 3.91. The lowest BCUT2D eigenvalue weighted by molar-refractivity contribution is -0.135. The van der Waals surface area contributed by atoms with Crippen molar-refractivity contribution < 1.29 is 4.79 Å². The molecule has 10 nitrogen and oxygen atoms in total. The summed E-state index contributed by atoms with van der Waals surface area (Å²) in [6.07, 6.45) is 8.08. The number of imidazole rings is 2. The molecular formula is C35H44BN9O. The van der Waals surface area contributed by atoms with Gasteiger partial charge in [0.25, 0.3) is 0 Å². The summed E-state index contributed by atoms with van der Waals surface area (Å²) in [6, 6.07) is 17.2. The third-order valence-electron chi connectivity index (χ3n) is 9.88. The number of nitrogens with zero attached hydrogens (tertiary/aromatic N) is 6. The van der Waals surface area contributed by atoms with Crippen LogP contribution in [-0.4, -0.2) is 93.7 Å². The summed E-state index contributed by atoms with van der Waals surface area (Å²) >= 11 is 0. The van der Waals surface area contributed by atoms with Crippen molar-refractivity contribution in [3.8, 4) is 33.6 Å². The maximum Gasteiger partial charge on any atom is 0.246 e. The van der Waals surface area contributed by atoms with Crippen LogP contribution in [0.15, 0.2) is 65.9 Å². The molecule has 3 aliphatic rings. The summed E-state index contributed by atoms with van der Waals surface area (Å²) in [5.74, 6) is 2.96. The first-order valence-electron chi connectivity index (χ1n) is 16.7. The number of carbonyl (C=O) groups is 1. The maximum atomic E-state index is 13.8. The minimum Gasteiger partial charge on any atom is -0.344 e. The molecule has 7 rings (SSSR count). The van der Waals surface area contributed by atoms with Crippen LogP contribution in [0.2, 0.25) is 0 Å². The molecule has 3 aliphatic heterocycles. The molecule has 2 aromatic heterocycles. The van der Waals surface area contributed by atoms with Crippen LogP contribution in [0.3, 0.4) is 0 Å². The molecule has 2 fully saturated rings. The van der Waals surface area contributed by atoms with Gasteiger partial charge in [0.05, 0.1) is 42.4 Å². The van der Waals surface area contributed by atoms with E-state index in [9.17, 15) is 4.79 Å². The Bertz CT molecular complexity index is 1690. The number of rotatable bonds is 8. The Balaban J connectivity index is 1.02. The van der Waals surface area contributed by atoms with Crippen LogP contribution in [0.4, 0.5) is 0 Å². The van der Waals surface area contributed by atoms with E-state index in [1.165, 1.54) is 12.0 Å².